The van der Waals surface area contributed by atoms with E-state index in [9.17, 15) is 10.1 Å². The van der Waals surface area contributed by atoms with Crippen molar-refractivity contribution in [3.05, 3.63) is 54.7 Å². The van der Waals surface area contributed by atoms with E-state index >= 15 is 0 Å². The van der Waals surface area contributed by atoms with Crippen LogP contribution in [-0.4, -0.2) is 4.92 Å². The van der Waals surface area contributed by atoms with Crippen LogP contribution in [0.2, 0.25) is 0 Å². The van der Waals surface area contributed by atoms with Gasteiger partial charge in [-0.2, -0.15) is 0 Å². The lowest BCUT2D eigenvalue weighted by molar-refractivity contribution is -0.384. The predicted octanol–water partition coefficient (Wildman–Crippen LogP) is 5.33. The molecular weight excluding hydrogens is 352 g/mol. The molecule has 0 aliphatic heterocycles. The van der Waals surface area contributed by atoms with Crippen LogP contribution in [-0.2, 0) is 12.0 Å². The highest BCUT2D eigenvalue weighted by atomic mass is 79.9. The van der Waals surface area contributed by atoms with Crippen LogP contribution in [0.5, 0.6) is 0 Å². The normalized spacial score (nSPS) is 11.4. The third kappa shape index (κ3) is 4.04. The van der Waals surface area contributed by atoms with Gasteiger partial charge < -0.3 is 5.32 Å². The van der Waals surface area contributed by atoms with Crippen LogP contribution < -0.4 is 5.32 Å². The fourth-order valence-electron chi connectivity index (χ4n) is 1.82. The molecule has 0 bridgehead atoms. The topological polar surface area (TPSA) is 55.2 Å². The maximum Gasteiger partial charge on any atom is 0.271 e. The van der Waals surface area contributed by atoms with Crippen LogP contribution in [0.1, 0.15) is 30.5 Å². The molecule has 0 fully saturated rings. The summed E-state index contributed by atoms with van der Waals surface area (Å²) in [6, 6.07) is 8.96. The van der Waals surface area contributed by atoms with Crippen molar-refractivity contribution < 1.29 is 4.92 Å². The van der Waals surface area contributed by atoms with Gasteiger partial charge in [0.2, 0.25) is 0 Å². The Kier molecular flexibility index (Phi) is 4.68. The first kappa shape index (κ1) is 16.0. The first-order valence-electron chi connectivity index (χ1n) is 6.54. The number of hydrogen-bond acceptors (Lipinski definition) is 4. The van der Waals surface area contributed by atoms with E-state index in [2.05, 4.69) is 54.2 Å². The number of nitro groups is 1. The highest BCUT2D eigenvalue weighted by Gasteiger charge is 2.16. The first-order valence-corrected chi connectivity index (χ1v) is 8.15. The molecule has 0 saturated heterocycles. The van der Waals surface area contributed by atoms with Crippen LogP contribution >= 0.6 is 27.3 Å². The number of rotatable bonds is 4. The predicted molar refractivity (Wildman–Crippen MR) is 91.1 cm³/mol. The second-order valence-corrected chi connectivity index (χ2v) is 7.81. The quantitative estimate of drug-likeness (QED) is 0.586. The van der Waals surface area contributed by atoms with Crippen LogP contribution in [0.15, 0.2) is 34.8 Å². The van der Waals surface area contributed by atoms with Crippen LogP contribution in [0, 0.1) is 10.1 Å². The van der Waals surface area contributed by atoms with E-state index in [4.69, 9.17) is 0 Å². The molecule has 6 heteroatoms. The van der Waals surface area contributed by atoms with Gasteiger partial charge >= 0.3 is 0 Å². The van der Waals surface area contributed by atoms with Gasteiger partial charge in [0.15, 0.2) is 0 Å². The molecule has 2 aromatic rings. The van der Waals surface area contributed by atoms with Crippen LogP contribution in [0.4, 0.5) is 11.4 Å². The molecule has 2 rings (SSSR count). The molecule has 0 amide bonds. The molecule has 4 nitrogen and oxygen atoms in total. The van der Waals surface area contributed by atoms with Gasteiger partial charge in [-0.25, -0.2) is 0 Å². The Balaban J connectivity index is 2.11. The number of nitrogens with one attached hydrogen (secondary N) is 1. The minimum Gasteiger partial charge on any atom is -0.379 e. The lowest BCUT2D eigenvalue weighted by atomic mass is 9.95. The number of thiophene rings is 1. The van der Waals surface area contributed by atoms with Crippen LogP contribution in [0.25, 0.3) is 0 Å². The van der Waals surface area contributed by atoms with E-state index in [0.29, 0.717) is 6.54 Å². The van der Waals surface area contributed by atoms with E-state index in [1.807, 2.05) is 0 Å². The molecule has 0 saturated carbocycles. The van der Waals surface area contributed by atoms with E-state index in [0.717, 1.165) is 10.2 Å². The van der Waals surface area contributed by atoms with Crippen molar-refractivity contribution in [1.29, 1.82) is 0 Å². The molecule has 0 aliphatic carbocycles. The fourth-order valence-corrected chi connectivity index (χ4v) is 3.21. The number of hydrogen-bond donors (Lipinski definition) is 1. The number of nitrogens with zero attached hydrogens (tertiary/aromatic N) is 1. The maximum atomic E-state index is 10.8. The van der Waals surface area contributed by atoms with Gasteiger partial charge in [0.05, 0.1) is 10.6 Å². The van der Waals surface area contributed by atoms with Gasteiger partial charge in [-0.3, -0.25) is 10.1 Å². The Bertz CT molecular complexity index is 662. The molecule has 0 unspecified atom stereocenters. The first-order chi connectivity index (χ1) is 9.77. The van der Waals surface area contributed by atoms with Crippen LogP contribution in [0.3, 0.4) is 0 Å². The van der Waals surface area contributed by atoms with Crippen molar-refractivity contribution >= 4 is 38.6 Å². The molecule has 1 N–H and O–H groups in total. The molecule has 1 heterocycles. The zero-order chi connectivity index (χ0) is 15.6. The zero-order valence-corrected chi connectivity index (χ0v) is 14.5. The molecule has 1 aromatic carbocycles. The van der Waals surface area contributed by atoms with Crippen molar-refractivity contribution in [1.82, 2.24) is 0 Å². The van der Waals surface area contributed by atoms with Crippen molar-refractivity contribution in [2.24, 2.45) is 0 Å². The molecule has 112 valence electrons. The Morgan fingerprint density at radius 2 is 2.00 bits per heavy atom. The average Bonchev–Trinajstić information content (AvgIpc) is 2.86. The standard InChI is InChI=1S/C15H17BrN2O2S/c1-15(2,3)14-7-5-11(21-14)9-17-13-8-10(18(19)20)4-6-12(13)16/h4-8,17H,9H2,1-3H3. The van der Waals surface area contributed by atoms with Gasteiger partial charge in [0.25, 0.3) is 5.69 Å². The molecule has 0 spiro atoms. The summed E-state index contributed by atoms with van der Waals surface area (Å²) < 4.78 is 0.820. The molecule has 0 atom stereocenters. The van der Waals surface area contributed by atoms with Gasteiger partial charge in [-0.15, -0.1) is 11.3 Å². The Hall–Kier alpha value is -1.40. The highest BCUT2D eigenvalue weighted by Crippen LogP contribution is 2.31. The summed E-state index contributed by atoms with van der Waals surface area (Å²) in [7, 11) is 0. The second-order valence-electron chi connectivity index (χ2n) is 5.79. The summed E-state index contributed by atoms with van der Waals surface area (Å²) in [5.41, 5.74) is 0.965. The van der Waals surface area contributed by atoms with Gasteiger partial charge in [-0.1, -0.05) is 20.8 Å². The smallest absolute Gasteiger partial charge is 0.271 e. The van der Waals surface area contributed by atoms with E-state index in [1.165, 1.54) is 15.8 Å². The monoisotopic (exact) mass is 368 g/mol. The number of benzene rings is 1. The lowest BCUT2D eigenvalue weighted by Gasteiger charge is -2.15. The Labute approximate surface area is 136 Å². The summed E-state index contributed by atoms with van der Waals surface area (Å²) in [5.74, 6) is 0. The summed E-state index contributed by atoms with van der Waals surface area (Å²) in [6.45, 7) is 7.22. The molecule has 1 aromatic heterocycles. The van der Waals surface area contributed by atoms with Gasteiger partial charge in [0, 0.05) is 32.9 Å². The zero-order valence-electron chi connectivity index (χ0n) is 12.1. The maximum absolute atomic E-state index is 10.8. The van der Waals surface area contributed by atoms with Crippen molar-refractivity contribution in [3.8, 4) is 0 Å². The molecule has 0 radical (unpaired) electrons. The highest BCUT2D eigenvalue weighted by molar-refractivity contribution is 9.10. The number of nitro benzene ring substituents is 1. The Morgan fingerprint density at radius 1 is 1.29 bits per heavy atom. The summed E-state index contributed by atoms with van der Waals surface area (Å²) >= 11 is 5.17. The van der Waals surface area contributed by atoms with E-state index in [-0.39, 0.29) is 16.0 Å². The van der Waals surface area contributed by atoms with Crippen molar-refractivity contribution in [2.45, 2.75) is 32.7 Å². The van der Waals surface area contributed by atoms with E-state index < -0.39 is 0 Å². The number of anilines is 1. The largest absolute Gasteiger partial charge is 0.379 e. The third-order valence-electron chi connectivity index (χ3n) is 3.01. The minimum absolute atomic E-state index is 0.0854. The average molecular weight is 369 g/mol. The summed E-state index contributed by atoms with van der Waals surface area (Å²) in [4.78, 5) is 13.0. The third-order valence-corrected chi connectivity index (χ3v) is 5.22. The summed E-state index contributed by atoms with van der Waals surface area (Å²) in [5, 5.41) is 14.1. The number of non-ortho nitro benzene ring substituents is 1. The van der Waals surface area contributed by atoms with Crippen molar-refractivity contribution in [2.75, 3.05) is 5.32 Å². The lowest BCUT2D eigenvalue weighted by Crippen LogP contribution is -2.07. The Morgan fingerprint density at radius 3 is 2.57 bits per heavy atom. The van der Waals surface area contributed by atoms with Crippen molar-refractivity contribution in [3.63, 3.8) is 0 Å². The van der Waals surface area contributed by atoms with Gasteiger partial charge in [0.1, 0.15) is 0 Å². The van der Waals surface area contributed by atoms with E-state index in [1.54, 1.807) is 23.5 Å². The fraction of sp³-hybridized carbons (Fsp3) is 0.333. The molecular formula is C15H17BrN2O2S. The minimum atomic E-state index is -0.388. The van der Waals surface area contributed by atoms with Gasteiger partial charge in [-0.05, 0) is 39.5 Å². The summed E-state index contributed by atoms with van der Waals surface area (Å²) in [6.07, 6.45) is 0. The number of halogens is 1. The molecule has 21 heavy (non-hydrogen) atoms. The second kappa shape index (κ2) is 6.15. The SMILES string of the molecule is CC(C)(C)c1ccc(CNc2cc([N+](=O)[O-])ccc2Br)s1. The molecule has 0 aliphatic rings.